The molecule has 0 radical (unpaired) electrons. The quantitative estimate of drug-likeness (QED) is 0.287. The van der Waals surface area contributed by atoms with Gasteiger partial charge < -0.3 is 14.2 Å². The average molecular weight is 474 g/mol. The third-order valence-electron chi connectivity index (χ3n) is 5.51. The molecule has 1 aromatic rings. The van der Waals surface area contributed by atoms with Gasteiger partial charge in [-0.05, 0) is 24.3 Å². The summed E-state index contributed by atoms with van der Waals surface area (Å²) >= 11 is 6.04. The molecule has 0 unspecified atom stereocenters. The number of rotatable bonds is 4. The van der Waals surface area contributed by atoms with Crippen molar-refractivity contribution in [2.45, 2.75) is 38.0 Å². The summed E-state index contributed by atoms with van der Waals surface area (Å²) in [7, 11) is 0. The number of halogens is 4. The van der Waals surface area contributed by atoms with Crippen LogP contribution in [0.15, 0.2) is 30.4 Å². The van der Waals surface area contributed by atoms with Crippen LogP contribution in [-0.4, -0.2) is 41.7 Å². The van der Waals surface area contributed by atoms with Crippen LogP contribution in [0.2, 0.25) is 5.02 Å². The van der Waals surface area contributed by atoms with Gasteiger partial charge in [-0.1, -0.05) is 17.7 Å². The van der Waals surface area contributed by atoms with Crippen LogP contribution in [0.3, 0.4) is 0 Å². The number of alkyl halides is 3. The third kappa shape index (κ3) is 3.27. The van der Waals surface area contributed by atoms with E-state index in [0.717, 1.165) is 26.0 Å². The summed E-state index contributed by atoms with van der Waals surface area (Å²) in [5.74, 6) is -5.89. The number of benzene rings is 1. The molecule has 3 aliphatic rings. The number of imide groups is 1. The monoisotopic (exact) mass is 473 g/mol. The van der Waals surface area contributed by atoms with Crippen LogP contribution in [0.5, 0.6) is 0 Å². The Morgan fingerprint density at radius 2 is 1.78 bits per heavy atom. The molecule has 1 aromatic carbocycles. The van der Waals surface area contributed by atoms with Crippen molar-refractivity contribution in [1.29, 1.82) is 0 Å². The van der Waals surface area contributed by atoms with Crippen LogP contribution in [0.4, 0.5) is 18.9 Å². The predicted molar refractivity (Wildman–Crippen MR) is 100.0 cm³/mol. The molecular weight excluding hydrogens is 459 g/mol. The highest BCUT2D eigenvalue weighted by Gasteiger charge is 2.72. The molecule has 2 fully saturated rings. The highest BCUT2D eigenvalue weighted by atomic mass is 35.5. The van der Waals surface area contributed by atoms with Crippen molar-refractivity contribution < 1.29 is 46.6 Å². The predicted octanol–water partition coefficient (Wildman–Crippen LogP) is 2.62. The van der Waals surface area contributed by atoms with Crippen molar-refractivity contribution in [3.8, 4) is 0 Å². The van der Waals surface area contributed by atoms with Crippen molar-refractivity contribution in [3.63, 3.8) is 0 Å². The van der Waals surface area contributed by atoms with E-state index in [1.165, 1.54) is 12.2 Å². The second-order valence-corrected chi connectivity index (χ2v) is 7.93. The number of hydrogen-bond acceptors (Lipinski definition) is 7. The molecule has 2 amide bonds. The minimum absolute atomic E-state index is 0.244. The number of nitrogens with zero attached hydrogens (tertiary/aromatic N) is 1. The molecule has 2 bridgehead atoms. The van der Waals surface area contributed by atoms with Gasteiger partial charge in [0, 0.05) is 13.8 Å². The molecule has 0 aromatic heterocycles. The second kappa shape index (κ2) is 7.31. The molecule has 0 N–H and O–H groups in total. The Morgan fingerprint density at radius 3 is 2.34 bits per heavy atom. The third-order valence-corrected chi connectivity index (χ3v) is 5.83. The van der Waals surface area contributed by atoms with Crippen LogP contribution in [0.25, 0.3) is 0 Å². The van der Waals surface area contributed by atoms with Crippen molar-refractivity contribution in [1.82, 2.24) is 0 Å². The Hall–Kier alpha value is -2.92. The molecule has 3 aliphatic heterocycles. The van der Waals surface area contributed by atoms with Crippen molar-refractivity contribution in [3.05, 3.63) is 40.9 Å². The van der Waals surface area contributed by atoms with Crippen LogP contribution < -0.4 is 4.90 Å². The van der Waals surface area contributed by atoms with Gasteiger partial charge in [-0.15, -0.1) is 0 Å². The van der Waals surface area contributed by atoms with Gasteiger partial charge in [-0.25, -0.2) is 4.90 Å². The highest BCUT2D eigenvalue weighted by Crippen LogP contribution is 2.55. The number of hydrogen-bond donors (Lipinski definition) is 0. The van der Waals surface area contributed by atoms with Gasteiger partial charge in [0.1, 0.15) is 0 Å². The van der Waals surface area contributed by atoms with E-state index in [4.69, 9.17) is 25.8 Å². The van der Waals surface area contributed by atoms with Gasteiger partial charge >= 0.3 is 18.1 Å². The van der Waals surface area contributed by atoms with E-state index in [1.54, 1.807) is 0 Å². The zero-order valence-electron chi connectivity index (χ0n) is 16.5. The summed E-state index contributed by atoms with van der Waals surface area (Å²) < 4.78 is 55.5. The summed E-state index contributed by atoms with van der Waals surface area (Å²) in [4.78, 5) is 50.2. The molecule has 4 rings (SSSR count). The molecule has 0 saturated carbocycles. The van der Waals surface area contributed by atoms with E-state index in [1.807, 2.05) is 0 Å². The first-order valence-electron chi connectivity index (χ1n) is 9.33. The lowest BCUT2D eigenvalue weighted by Crippen LogP contribution is -2.52. The van der Waals surface area contributed by atoms with E-state index in [0.29, 0.717) is 11.0 Å². The summed E-state index contributed by atoms with van der Waals surface area (Å²) in [6.45, 7) is 2.10. The molecule has 4 atom stereocenters. The van der Waals surface area contributed by atoms with Crippen molar-refractivity contribution >= 4 is 41.0 Å². The van der Waals surface area contributed by atoms with E-state index < -0.39 is 71.0 Å². The number of esters is 2. The van der Waals surface area contributed by atoms with E-state index in [9.17, 15) is 32.3 Å². The van der Waals surface area contributed by atoms with Crippen LogP contribution >= 0.6 is 11.6 Å². The Labute approximate surface area is 183 Å². The zero-order valence-corrected chi connectivity index (χ0v) is 17.3. The molecule has 32 heavy (non-hydrogen) atoms. The lowest BCUT2D eigenvalue weighted by molar-refractivity contribution is -0.226. The van der Waals surface area contributed by atoms with Crippen LogP contribution in [0.1, 0.15) is 19.4 Å². The minimum Gasteiger partial charge on any atom is -0.422 e. The molecular formula is C20H15ClF3NO7. The zero-order chi connectivity index (χ0) is 23.6. The Kier molecular flexibility index (Phi) is 5.09. The van der Waals surface area contributed by atoms with Crippen LogP contribution in [0, 0.1) is 11.8 Å². The maximum Gasteiger partial charge on any atom is 0.416 e. The Bertz CT molecular complexity index is 1060. The summed E-state index contributed by atoms with van der Waals surface area (Å²) in [6.07, 6.45) is -4.56. The molecule has 0 spiro atoms. The Balaban J connectivity index is 1.78. The molecule has 8 nitrogen and oxygen atoms in total. The fraction of sp³-hybridized carbons (Fsp3) is 0.400. The smallest absolute Gasteiger partial charge is 0.416 e. The lowest BCUT2D eigenvalue weighted by atomic mass is 9.76. The van der Waals surface area contributed by atoms with Crippen molar-refractivity contribution in [2.24, 2.45) is 11.8 Å². The summed E-state index contributed by atoms with van der Waals surface area (Å²) in [5.41, 5.74) is -3.35. The standard InChI is InChI=1S/C20H15ClF3NO7/c1-8(26)30-18(31-9(2)27)19-6-5-13(32-19)14-15(19)17(29)25(16(14)28)12-7-10(20(22,23)24)3-4-11(12)21/h3-7,13-15,18H,1-2H3/t13-,14-,15-,19+/m1/s1. The van der Waals surface area contributed by atoms with E-state index >= 15 is 0 Å². The van der Waals surface area contributed by atoms with Gasteiger partial charge in [0.05, 0.1) is 34.2 Å². The molecule has 0 aliphatic carbocycles. The average Bonchev–Trinajstić information content (AvgIpc) is 3.32. The van der Waals surface area contributed by atoms with Gasteiger partial charge in [0.15, 0.2) is 5.60 Å². The topological polar surface area (TPSA) is 99.2 Å². The first-order chi connectivity index (χ1) is 14.9. The van der Waals surface area contributed by atoms with Crippen molar-refractivity contribution in [2.75, 3.05) is 4.90 Å². The van der Waals surface area contributed by atoms with Gasteiger partial charge in [-0.2, -0.15) is 13.2 Å². The number of ether oxygens (including phenoxy) is 3. The highest BCUT2D eigenvalue weighted by molar-refractivity contribution is 6.36. The number of fused-ring (bicyclic) bond motifs is 5. The number of carbonyl (C=O) groups is 4. The van der Waals surface area contributed by atoms with E-state index in [2.05, 4.69) is 0 Å². The normalized spacial score (nSPS) is 28.5. The number of carbonyl (C=O) groups excluding carboxylic acids is 4. The molecule has 170 valence electrons. The molecule has 3 heterocycles. The first-order valence-corrected chi connectivity index (χ1v) is 9.71. The number of anilines is 1. The largest absolute Gasteiger partial charge is 0.422 e. The maximum absolute atomic E-state index is 13.4. The molecule has 12 heteroatoms. The first kappa shape index (κ1) is 22.3. The van der Waals surface area contributed by atoms with Gasteiger partial charge in [0.25, 0.3) is 6.29 Å². The fourth-order valence-electron chi connectivity index (χ4n) is 4.31. The van der Waals surface area contributed by atoms with E-state index in [-0.39, 0.29) is 5.02 Å². The molecule has 2 saturated heterocycles. The SMILES string of the molecule is CC(=O)OC(OC(C)=O)[C@@]12C=C[C@@H](O1)[C@H]1C(=O)N(c3cc(C(F)(F)F)ccc3Cl)C(=O)[C@@H]12. The maximum atomic E-state index is 13.4. The summed E-state index contributed by atoms with van der Waals surface area (Å²) in [6, 6.07) is 2.27. The Morgan fingerprint density at radius 1 is 1.16 bits per heavy atom. The van der Waals surface area contributed by atoms with Crippen LogP contribution in [-0.2, 0) is 39.6 Å². The second-order valence-electron chi connectivity index (χ2n) is 7.53. The number of amides is 2. The summed E-state index contributed by atoms with van der Waals surface area (Å²) in [5, 5.41) is -0.244. The minimum atomic E-state index is -4.73. The fourth-order valence-corrected chi connectivity index (χ4v) is 4.52. The van der Waals surface area contributed by atoms with Gasteiger partial charge in [-0.3, -0.25) is 19.2 Å². The lowest BCUT2D eigenvalue weighted by Gasteiger charge is -2.34. The van der Waals surface area contributed by atoms with Gasteiger partial charge in [0.2, 0.25) is 11.8 Å².